The molecule has 1 amide bonds. The summed E-state index contributed by atoms with van der Waals surface area (Å²) in [5.41, 5.74) is -1.30. The summed E-state index contributed by atoms with van der Waals surface area (Å²) in [4.78, 5) is 24.6. The number of nitrogens with zero attached hydrogens (tertiary/aromatic N) is 1. The van der Waals surface area contributed by atoms with Crippen molar-refractivity contribution in [1.82, 2.24) is 4.90 Å². The Morgan fingerprint density at radius 1 is 1.28 bits per heavy atom. The summed E-state index contributed by atoms with van der Waals surface area (Å²) in [6.07, 6.45) is 1.04. The first-order valence-electron chi connectivity index (χ1n) is 6.39. The van der Waals surface area contributed by atoms with Gasteiger partial charge in [-0.05, 0) is 40.0 Å². The number of carbonyl (C=O) groups is 2. The average molecular weight is 256 g/mol. The quantitative estimate of drug-likeness (QED) is 0.743. The van der Waals surface area contributed by atoms with E-state index >= 15 is 0 Å². The van der Waals surface area contributed by atoms with E-state index in [9.17, 15) is 14.7 Å². The highest BCUT2D eigenvalue weighted by Gasteiger charge is 2.36. The molecule has 1 heterocycles. The molecule has 0 aromatic rings. The van der Waals surface area contributed by atoms with Gasteiger partial charge in [0.1, 0.15) is 5.60 Å². The summed E-state index contributed by atoms with van der Waals surface area (Å²) >= 11 is 0. The molecule has 5 heteroatoms. The molecule has 0 unspecified atom stereocenters. The van der Waals surface area contributed by atoms with E-state index in [4.69, 9.17) is 4.74 Å². The lowest BCUT2D eigenvalue weighted by atomic mass is 9.76. The molecule has 0 radical (unpaired) electrons. The second-order valence-electron chi connectivity index (χ2n) is 5.89. The van der Waals surface area contributed by atoms with E-state index in [-0.39, 0.29) is 6.09 Å². The zero-order chi connectivity index (χ0) is 14.0. The monoisotopic (exact) mass is 256 g/mol. The topological polar surface area (TPSA) is 69.7 Å². The molecule has 5 nitrogen and oxygen atoms in total. The molecule has 0 aliphatic carbocycles. The molecule has 0 aromatic carbocycles. The van der Waals surface area contributed by atoms with Gasteiger partial charge in [-0.1, -0.05) is 6.92 Å². The Bertz CT molecular complexity index is 324. The van der Waals surface area contributed by atoms with E-state index in [0.717, 1.165) is 0 Å². The summed E-state index contributed by atoms with van der Waals surface area (Å²) in [5, 5.41) is 11.2. The van der Waals surface area contributed by atoms with Crippen LogP contribution in [-0.2, 0) is 9.53 Å². The first kappa shape index (κ1) is 14.8. The minimum atomic E-state index is -1.01. The minimum absolute atomic E-state index is 0.370. The Balaban J connectivity index is 2.58. The van der Waals surface area contributed by atoms with Crippen LogP contribution in [0.4, 0.5) is 4.79 Å². The molecule has 104 valence electrons. The molecule has 0 saturated carbocycles. The standard InChI is InChI=1S/C13H23NO4/c1-5-13(10(15)16)6-8-14(9-7-13)11(17)18-12(2,3)4/h5-9H2,1-4H3,(H,15,16)/p-1. The summed E-state index contributed by atoms with van der Waals surface area (Å²) in [6, 6.07) is 0. The van der Waals surface area contributed by atoms with Crippen LogP contribution in [0, 0.1) is 5.41 Å². The Morgan fingerprint density at radius 3 is 2.11 bits per heavy atom. The van der Waals surface area contributed by atoms with E-state index in [1.165, 1.54) is 0 Å². The lowest BCUT2D eigenvalue weighted by molar-refractivity contribution is -0.321. The van der Waals surface area contributed by atoms with Gasteiger partial charge in [0, 0.05) is 24.5 Å². The molecule has 0 spiro atoms. The zero-order valence-electron chi connectivity index (χ0n) is 11.6. The molecule has 0 aromatic heterocycles. The molecular weight excluding hydrogens is 234 g/mol. The normalized spacial score (nSPS) is 19.4. The number of carboxylic acids is 1. The largest absolute Gasteiger partial charge is 0.550 e. The Kier molecular flexibility index (Phi) is 4.24. The van der Waals surface area contributed by atoms with Crippen molar-refractivity contribution < 1.29 is 19.4 Å². The molecule has 1 aliphatic rings. The molecule has 1 fully saturated rings. The number of likely N-dealkylation sites (tertiary alicyclic amines) is 1. The predicted molar refractivity (Wildman–Crippen MR) is 64.8 cm³/mol. The van der Waals surface area contributed by atoms with Crippen LogP contribution in [0.5, 0.6) is 0 Å². The highest BCUT2D eigenvalue weighted by molar-refractivity contribution is 5.74. The van der Waals surface area contributed by atoms with Gasteiger partial charge in [0.05, 0.1) is 0 Å². The highest BCUT2D eigenvalue weighted by atomic mass is 16.6. The molecule has 1 aliphatic heterocycles. The van der Waals surface area contributed by atoms with Gasteiger partial charge in [0.15, 0.2) is 0 Å². The summed E-state index contributed by atoms with van der Waals surface area (Å²) in [7, 11) is 0. The first-order chi connectivity index (χ1) is 8.20. The van der Waals surface area contributed by atoms with Crippen LogP contribution in [0.1, 0.15) is 47.0 Å². The van der Waals surface area contributed by atoms with Crippen molar-refractivity contribution in [2.24, 2.45) is 5.41 Å². The lowest BCUT2D eigenvalue weighted by Gasteiger charge is -2.42. The highest BCUT2D eigenvalue weighted by Crippen LogP contribution is 2.34. The fraction of sp³-hybridized carbons (Fsp3) is 0.846. The molecule has 0 atom stereocenters. The predicted octanol–water partition coefficient (Wildman–Crippen LogP) is 1.16. The second kappa shape index (κ2) is 5.16. The van der Waals surface area contributed by atoms with Crippen LogP contribution in [-0.4, -0.2) is 35.7 Å². The third-order valence-electron chi connectivity index (χ3n) is 3.48. The summed E-state index contributed by atoms with van der Waals surface area (Å²) in [6.45, 7) is 8.11. The molecule has 1 rings (SSSR count). The fourth-order valence-electron chi connectivity index (χ4n) is 2.15. The van der Waals surface area contributed by atoms with E-state index in [1.807, 2.05) is 27.7 Å². The van der Waals surface area contributed by atoms with E-state index in [1.54, 1.807) is 4.90 Å². The molecule has 0 N–H and O–H groups in total. The van der Waals surface area contributed by atoms with Gasteiger partial charge in [0.25, 0.3) is 0 Å². The van der Waals surface area contributed by atoms with Crippen LogP contribution < -0.4 is 5.11 Å². The smallest absolute Gasteiger partial charge is 0.410 e. The number of aliphatic carboxylic acids is 1. The van der Waals surface area contributed by atoms with Gasteiger partial charge in [-0.25, -0.2) is 4.79 Å². The van der Waals surface area contributed by atoms with Crippen molar-refractivity contribution >= 4 is 12.1 Å². The number of hydrogen-bond donors (Lipinski definition) is 0. The van der Waals surface area contributed by atoms with Crippen LogP contribution >= 0.6 is 0 Å². The van der Waals surface area contributed by atoms with E-state index in [0.29, 0.717) is 32.4 Å². The Hall–Kier alpha value is -1.26. The number of hydrogen-bond acceptors (Lipinski definition) is 4. The van der Waals surface area contributed by atoms with Crippen molar-refractivity contribution in [3.63, 3.8) is 0 Å². The maximum atomic E-state index is 11.8. The van der Waals surface area contributed by atoms with Crippen molar-refractivity contribution in [1.29, 1.82) is 0 Å². The van der Waals surface area contributed by atoms with Crippen LogP contribution in [0.15, 0.2) is 0 Å². The summed E-state index contributed by atoms with van der Waals surface area (Å²) < 4.78 is 5.26. The van der Waals surface area contributed by atoms with Crippen molar-refractivity contribution in [3.8, 4) is 0 Å². The Labute approximate surface area is 108 Å². The number of ether oxygens (including phenoxy) is 1. The molecule has 0 bridgehead atoms. The number of rotatable bonds is 2. The van der Waals surface area contributed by atoms with E-state index < -0.39 is 17.0 Å². The number of piperidine rings is 1. The zero-order valence-corrected chi connectivity index (χ0v) is 11.6. The maximum Gasteiger partial charge on any atom is 0.410 e. The van der Waals surface area contributed by atoms with Gasteiger partial charge in [-0.2, -0.15) is 0 Å². The number of amides is 1. The van der Waals surface area contributed by atoms with Gasteiger partial charge in [0.2, 0.25) is 0 Å². The van der Waals surface area contributed by atoms with Gasteiger partial charge >= 0.3 is 6.09 Å². The van der Waals surface area contributed by atoms with Crippen LogP contribution in [0.3, 0.4) is 0 Å². The molecular formula is C13H22NO4-. The third kappa shape index (κ3) is 3.37. The first-order valence-corrected chi connectivity index (χ1v) is 6.39. The third-order valence-corrected chi connectivity index (χ3v) is 3.48. The fourth-order valence-corrected chi connectivity index (χ4v) is 2.15. The average Bonchev–Trinajstić information content (AvgIpc) is 2.26. The van der Waals surface area contributed by atoms with Crippen LogP contribution in [0.25, 0.3) is 0 Å². The minimum Gasteiger partial charge on any atom is -0.550 e. The molecule has 1 saturated heterocycles. The lowest BCUT2D eigenvalue weighted by Crippen LogP contribution is -2.51. The van der Waals surface area contributed by atoms with Gasteiger partial charge in [-0.3, -0.25) is 0 Å². The number of carboxylic acid groups (broad SMARTS) is 1. The second-order valence-corrected chi connectivity index (χ2v) is 5.89. The number of carbonyl (C=O) groups excluding carboxylic acids is 2. The SMILES string of the molecule is CCC1(C(=O)[O-])CCN(C(=O)OC(C)(C)C)CC1. The van der Waals surface area contributed by atoms with Crippen molar-refractivity contribution in [2.45, 2.75) is 52.6 Å². The summed E-state index contributed by atoms with van der Waals surface area (Å²) in [5.74, 6) is -1.01. The van der Waals surface area contributed by atoms with Gasteiger partial charge < -0.3 is 19.5 Å². The van der Waals surface area contributed by atoms with Crippen LogP contribution in [0.2, 0.25) is 0 Å². The van der Waals surface area contributed by atoms with Gasteiger partial charge in [-0.15, -0.1) is 0 Å². The molecule has 18 heavy (non-hydrogen) atoms. The van der Waals surface area contributed by atoms with Crippen molar-refractivity contribution in [2.75, 3.05) is 13.1 Å². The van der Waals surface area contributed by atoms with E-state index in [2.05, 4.69) is 0 Å². The van der Waals surface area contributed by atoms with Crippen molar-refractivity contribution in [3.05, 3.63) is 0 Å². The Morgan fingerprint density at radius 2 is 1.78 bits per heavy atom. The maximum absolute atomic E-state index is 11.8.